The summed E-state index contributed by atoms with van der Waals surface area (Å²) in [5.74, 6) is -1.43. The maximum absolute atomic E-state index is 13.2. The number of alkyl halides is 3. The quantitative estimate of drug-likeness (QED) is 0.595. The van der Waals surface area contributed by atoms with Crippen LogP contribution in [0.2, 0.25) is 0 Å². The molecule has 0 unspecified atom stereocenters. The second kappa shape index (κ2) is 9.37. The van der Waals surface area contributed by atoms with Crippen LogP contribution in [0.4, 0.5) is 13.2 Å². The van der Waals surface area contributed by atoms with E-state index in [0.717, 1.165) is 36.8 Å². The Morgan fingerprint density at radius 1 is 1.17 bits per heavy atom. The van der Waals surface area contributed by atoms with Crippen molar-refractivity contribution in [2.45, 2.75) is 18.0 Å². The number of hydrogen-bond donors (Lipinski definition) is 1. The first-order valence-corrected chi connectivity index (χ1v) is 13.5. The van der Waals surface area contributed by atoms with Crippen molar-refractivity contribution in [3.05, 3.63) is 59.2 Å². The normalized spacial score (nSPS) is 14.9. The molecule has 2 aromatic heterocycles. The van der Waals surface area contributed by atoms with Crippen molar-refractivity contribution in [3.8, 4) is 0 Å². The SMILES string of the molecule is CCS(=O)(=O)c1cc(C(=O)NS(C)(=O)=O)cnc1C1=NCC=C(c2cc(C(F)(F)F)ccn2)N1C. The second-order valence-corrected chi connectivity index (χ2v) is 11.4. The Bertz CT molecular complexity index is 1450. The average Bonchev–Trinajstić information content (AvgIpc) is 2.77. The van der Waals surface area contributed by atoms with Gasteiger partial charge in [0.2, 0.25) is 10.0 Å². The fourth-order valence-electron chi connectivity index (χ4n) is 3.19. The molecule has 188 valence electrons. The number of nitrogens with one attached hydrogen (secondary N) is 1. The highest BCUT2D eigenvalue weighted by atomic mass is 32.2. The first-order chi connectivity index (χ1) is 16.1. The zero-order chi connectivity index (χ0) is 26.2. The van der Waals surface area contributed by atoms with Gasteiger partial charge in [0.15, 0.2) is 15.7 Å². The first kappa shape index (κ1) is 26.3. The molecule has 0 bridgehead atoms. The van der Waals surface area contributed by atoms with Crippen LogP contribution in [0.1, 0.15) is 34.2 Å². The van der Waals surface area contributed by atoms with Crippen LogP contribution in [-0.4, -0.2) is 69.0 Å². The number of hydrogen-bond acceptors (Lipinski definition) is 9. The fourth-order valence-corrected chi connectivity index (χ4v) is 4.70. The van der Waals surface area contributed by atoms with Gasteiger partial charge in [0, 0.05) is 19.4 Å². The van der Waals surface area contributed by atoms with Gasteiger partial charge in [-0.3, -0.25) is 19.8 Å². The maximum atomic E-state index is 13.2. The van der Waals surface area contributed by atoms with Gasteiger partial charge < -0.3 is 4.90 Å². The lowest BCUT2D eigenvalue weighted by atomic mass is 10.1. The topological polar surface area (TPSA) is 139 Å². The zero-order valence-electron chi connectivity index (χ0n) is 18.7. The highest BCUT2D eigenvalue weighted by Crippen LogP contribution is 2.32. The molecule has 3 heterocycles. The van der Waals surface area contributed by atoms with Crippen molar-refractivity contribution < 1.29 is 34.8 Å². The summed E-state index contributed by atoms with van der Waals surface area (Å²) in [4.78, 5) is 25.5. The number of sulfonamides is 1. The van der Waals surface area contributed by atoms with E-state index in [2.05, 4.69) is 15.0 Å². The molecule has 0 aliphatic carbocycles. The highest BCUT2D eigenvalue weighted by molar-refractivity contribution is 7.91. The summed E-state index contributed by atoms with van der Waals surface area (Å²) in [6.07, 6.45) is -0.305. The number of rotatable bonds is 6. The van der Waals surface area contributed by atoms with E-state index < -0.39 is 37.5 Å². The zero-order valence-corrected chi connectivity index (χ0v) is 20.3. The number of nitrogens with zero attached hydrogens (tertiary/aromatic N) is 4. The lowest BCUT2D eigenvalue weighted by molar-refractivity contribution is -0.137. The molecule has 10 nitrogen and oxygen atoms in total. The Hall–Kier alpha value is -3.33. The van der Waals surface area contributed by atoms with Gasteiger partial charge >= 0.3 is 6.18 Å². The number of aliphatic imine (C=N–C) groups is 1. The number of halogens is 3. The van der Waals surface area contributed by atoms with E-state index in [1.807, 2.05) is 0 Å². The van der Waals surface area contributed by atoms with Crippen LogP contribution >= 0.6 is 0 Å². The lowest BCUT2D eigenvalue weighted by Crippen LogP contribution is -2.33. The van der Waals surface area contributed by atoms with Crippen LogP contribution in [0.3, 0.4) is 0 Å². The molecule has 35 heavy (non-hydrogen) atoms. The molecular weight excluding hydrogens is 511 g/mol. The molecular formula is C20H20F3N5O5S2. The highest BCUT2D eigenvalue weighted by Gasteiger charge is 2.32. The molecule has 0 fully saturated rings. The summed E-state index contributed by atoms with van der Waals surface area (Å²) in [5, 5.41) is 0. The molecule has 2 aromatic rings. The summed E-state index contributed by atoms with van der Waals surface area (Å²) >= 11 is 0. The summed E-state index contributed by atoms with van der Waals surface area (Å²) in [6.45, 7) is 1.36. The van der Waals surface area contributed by atoms with Crippen molar-refractivity contribution in [2.24, 2.45) is 4.99 Å². The van der Waals surface area contributed by atoms with E-state index in [1.165, 1.54) is 24.9 Å². The van der Waals surface area contributed by atoms with E-state index in [-0.39, 0.29) is 45.7 Å². The molecule has 0 saturated heterocycles. The molecule has 0 atom stereocenters. The molecule has 0 aromatic carbocycles. The number of aromatic nitrogens is 2. The molecule has 0 radical (unpaired) electrons. The smallest absolute Gasteiger partial charge is 0.326 e. The minimum atomic E-state index is -4.59. The molecule has 0 spiro atoms. The summed E-state index contributed by atoms with van der Waals surface area (Å²) in [7, 11) is -6.45. The monoisotopic (exact) mass is 531 g/mol. The fraction of sp³-hybridized carbons (Fsp3) is 0.300. The number of pyridine rings is 2. The number of carbonyl (C=O) groups excluding carboxylic acids is 1. The van der Waals surface area contributed by atoms with E-state index in [9.17, 15) is 34.8 Å². The van der Waals surface area contributed by atoms with Gasteiger partial charge in [0.25, 0.3) is 5.91 Å². The largest absolute Gasteiger partial charge is 0.416 e. The van der Waals surface area contributed by atoms with Gasteiger partial charge in [0.05, 0.1) is 46.0 Å². The number of carbonyl (C=O) groups is 1. The van der Waals surface area contributed by atoms with Crippen LogP contribution in [0.5, 0.6) is 0 Å². The van der Waals surface area contributed by atoms with Crippen LogP contribution < -0.4 is 4.72 Å². The molecule has 1 aliphatic rings. The van der Waals surface area contributed by atoms with Crippen molar-refractivity contribution in [2.75, 3.05) is 25.6 Å². The van der Waals surface area contributed by atoms with Crippen LogP contribution in [0, 0.1) is 0 Å². The van der Waals surface area contributed by atoms with Crippen molar-refractivity contribution in [1.29, 1.82) is 0 Å². The standard InChI is InChI=1S/C20H20F3N5O5S2/c1-4-35(32,33)16-9-12(19(29)27-34(3,30)31)11-26-17(16)18-25-8-6-15(28(18)2)14-10-13(5-7-24-14)20(21,22)23/h5-7,9-11H,4,8H2,1-3H3,(H,27,29). The summed E-state index contributed by atoms with van der Waals surface area (Å²) < 4.78 is 89.7. The first-order valence-electron chi connectivity index (χ1n) is 9.91. The van der Waals surface area contributed by atoms with E-state index in [0.29, 0.717) is 0 Å². The molecule has 1 amide bonds. The maximum Gasteiger partial charge on any atom is 0.416 e. The minimum Gasteiger partial charge on any atom is -0.326 e. The van der Waals surface area contributed by atoms with Gasteiger partial charge in [-0.15, -0.1) is 0 Å². The Morgan fingerprint density at radius 2 is 1.86 bits per heavy atom. The van der Waals surface area contributed by atoms with Crippen molar-refractivity contribution >= 4 is 37.3 Å². The van der Waals surface area contributed by atoms with Crippen molar-refractivity contribution in [1.82, 2.24) is 19.6 Å². The van der Waals surface area contributed by atoms with Gasteiger partial charge in [-0.25, -0.2) is 21.6 Å². The molecule has 0 saturated carbocycles. The van der Waals surface area contributed by atoms with Gasteiger partial charge in [-0.2, -0.15) is 13.2 Å². The molecule has 3 rings (SSSR count). The number of amides is 1. The Balaban J connectivity index is 2.08. The van der Waals surface area contributed by atoms with E-state index in [1.54, 1.807) is 4.72 Å². The van der Waals surface area contributed by atoms with Gasteiger partial charge in [-0.1, -0.05) is 6.92 Å². The number of sulfone groups is 1. The van der Waals surface area contributed by atoms with E-state index >= 15 is 0 Å². The third-order valence-corrected chi connectivity index (χ3v) is 7.17. The van der Waals surface area contributed by atoms with Gasteiger partial charge in [0.1, 0.15) is 5.69 Å². The van der Waals surface area contributed by atoms with Crippen molar-refractivity contribution in [3.63, 3.8) is 0 Å². The van der Waals surface area contributed by atoms with E-state index in [4.69, 9.17) is 0 Å². The third kappa shape index (κ3) is 5.85. The van der Waals surface area contributed by atoms with Crippen LogP contribution in [-0.2, 0) is 26.0 Å². The number of amidine groups is 1. The molecule has 1 N–H and O–H groups in total. The Kier molecular flexibility index (Phi) is 7.04. The summed E-state index contributed by atoms with van der Waals surface area (Å²) in [5.41, 5.74) is -1.15. The minimum absolute atomic E-state index is 0.00343. The van der Waals surface area contributed by atoms with Crippen LogP contribution in [0.25, 0.3) is 5.70 Å². The molecule has 15 heteroatoms. The third-order valence-electron chi connectivity index (χ3n) is 4.87. The average molecular weight is 532 g/mol. The lowest BCUT2D eigenvalue weighted by Gasteiger charge is -2.28. The Labute approximate surface area is 199 Å². The Morgan fingerprint density at radius 3 is 2.46 bits per heavy atom. The molecule has 1 aliphatic heterocycles. The predicted octanol–water partition coefficient (Wildman–Crippen LogP) is 1.71. The van der Waals surface area contributed by atoms with Gasteiger partial charge in [-0.05, 0) is 24.3 Å². The summed E-state index contributed by atoms with van der Waals surface area (Å²) in [6, 6.07) is 2.68. The predicted molar refractivity (Wildman–Crippen MR) is 121 cm³/mol. The second-order valence-electron chi connectivity index (χ2n) is 7.42. The van der Waals surface area contributed by atoms with Crippen LogP contribution in [0.15, 0.2) is 46.6 Å².